The van der Waals surface area contributed by atoms with Crippen molar-refractivity contribution in [3.8, 4) is 0 Å². The highest BCUT2D eigenvalue weighted by molar-refractivity contribution is 5.78. The average molecular weight is 238 g/mol. The maximum absolute atomic E-state index is 11.7. The Bertz CT molecular complexity index is 300. The van der Waals surface area contributed by atoms with Crippen molar-refractivity contribution in [1.29, 1.82) is 0 Å². The quantitative estimate of drug-likeness (QED) is 0.766. The SMILES string of the molecule is O=C1CCCN1C1CCN(C2CCC2O)CC1. The summed E-state index contributed by atoms with van der Waals surface area (Å²) in [5.41, 5.74) is 0. The Morgan fingerprint density at radius 2 is 1.82 bits per heavy atom. The first kappa shape index (κ1) is 11.5. The van der Waals surface area contributed by atoms with Crippen LogP contribution in [0.15, 0.2) is 0 Å². The maximum Gasteiger partial charge on any atom is 0.222 e. The average Bonchev–Trinajstić information content (AvgIpc) is 2.75. The van der Waals surface area contributed by atoms with Crippen LogP contribution in [-0.4, -0.2) is 58.6 Å². The summed E-state index contributed by atoms with van der Waals surface area (Å²) in [7, 11) is 0. The molecule has 0 radical (unpaired) electrons. The third-order valence-electron chi connectivity index (χ3n) is 4.72. The first-order chi connectivity index (χ1) is 8.25. The smallest absolute Gasteiger partial charge is 0.222 e. The van der Waals surface area contributed by atoms with E-state index in [4.69, 9.17) is 0 Å². The van der Waals surface area contributed by atoms with Crippen LogP contribution in [0.25, 0.3) is 0 Å². The molecule has 0 aromatic heterocycles. The van der Waals surface area contributed by atoms with Gasteiger partial charge in [-0.1, -0.05) is 0 Å². The zero-order valence-electron chi connectivity index (χ0n) is 10.3. The molecule has 2 aliphatic heterocycles. The van der Waals surface area contributed by atoms with Gasteiger partial charge in [0.25, 0.3) is 0 Å². The lowest BCUT2D eigenvalue weighted by molar-refractivity contribution is -0.131. The molecule has 2 atom stereocenters. The fourth-order valence-corrected chi connectivity index (χ4v) is 3.48. The van der Waals surface area contributed by atoms with Crippen molar-refractivity contribution in [2.75, 3.05) is 19.6 Å². The van der Waals surface area contributed by atoms with Crippen LogP contribution in [0.1, 0.15) is 38.5 Å². The number of nitrogens with zero attached hydrogens (tertiary/aromatic N) is 2. The van der Waals surface area contributed by atoms with Gasteiger partial charge in [0.05, 0.1) is 6.10 Å². The number of rotatable bonds is 2. The van der Waals surface area contributed by atoms with Crippen molar-refractivity contribution < 1.29 is 9.90 Å². The normalized spacial score (nSPS) is 36.3. The lowest BCUT2D eigenvalue weighted by atomic mass is 9.86. The van der Waals surface area contributed by atoms with Gasteiger partial charge in [-0.3, -0.25) is 9.69 Å². The van der Waals surface area contributed by atoms with E-state index in [1.807, 2.05) is 0 Å². The van der Waals surface area contributed by atoms with Crippen molar-refractivity contribution in [1.82, 2.24) is 9.80 Å². The molecule has 0 aromatic carbocycles. The second-order valence-corrected chi connectivity index (χ2v) is 5.67. The van der Waals surface area contributed by atoms with Crippen LogP contribution in [0.5, 0.6) is 0 Å². The zero-order valence-corrected chi connectivity index (χ0v) is 10.3. The van der Waals surface area contributed by atoms with E-state index in [1.54, 1.807) is 0 Å². The Labute approximate surface area is 103 Å². The molecule has 2 heterocycles. The van der Waals surface area contributed by atoms with E-state index >= 15 is 0 Å². The van der Waals surface area contributed by atoms with Crippen molar-refractivity contribution in [2.24, 2.45) is 0 Å². The fraction of sp³-hybridized carbons (Fsp3) is 0.923. The second-order valence-electron chi connectivity index (χ2n) is 5.67. The molecule has 3 fully saturated rings. The molecule has 1 amide bonds. The Hall–Kier alpha value is -0.610. The summed E-state index contributed by atoms with van der Waals surface area (Å²) in [4.78, 5) is 16.2. The van der Waals surface area contributed by atoms with Crippen LogP contribution < -0.4 is 0 Å². The van der Waals surface area contributed by atoms with Crippen LogP contribution in [0.2, 0.25) is 0 Å². The molecule has 0 spiro atoms. The number of carbonyl (C=O) groups excluding carboxylic acids is 1. The third-order valence-corrected chi connectivity index (χ3v) is 4.72. The van der Waals surface area contributed by atoms with Crippen LogP contribution in [0.3, 0.4) is 0 Å². The minimum atomic E-state index is -0.0973. The molecule has 2 unspecified atom stereocenters. The van der Waals surface area contributed by atoms with Gasteiger partial charge in [0, 0.05) is 38.1 Å². The van der Waals surface area contributed by atoms with E-state index < -0.39 is 0 Å². The molecular formula is C13H22N2O2. The molecule has 1 aliphatic carbocycles. The highest BCUT2D eigenvalue weighted by atomic mass is 16.3. The number of amides is 1. The lowest BCUT2D eigenvalue weighted by Gasteiger charge is -2.46. The third kappa shape index (κ3) is 2.08. The van der Waals surface area contributed by atoms with Crippen LogP contribution in [0.4, 0.5) is 0 Å². The van der Waals surface area contributed by atoms with Gasteiger partial charge in [-0.25, -0.2) is 0 Å². The van der Waals surface area contributed by atoms with E-state index in [-0.39, 0.29) is 6.10 Å². The van der Waals surface area contributed by atoms with Crippen molar-refractivity contribution in [2.45, 2.75) is 56.7 Å². The molecule has 1 saturated carbocycles. The summed E-state index contributed by atoms with van der Waals surface area (Å²) in [5, 5.41) is 9.67. The van der Waals surface area contributed by atoms with Crippen LogP contribution in [0, 0.1) is 0 Å². The number of piperidine rings is 1. The van der Waals surface area contributed by atoms with Gasteiger partial charge >= 0.3 is 0 Å². The number of likely N-dealkylation sites (tertiary alicyclic amines) is 2. The summed E-state index contributed by atoms with van der Waals surface area (Å²) in [6.45, 7) is 3.07. The van der Waals surface area contributed by atoms with Crippen LogP contribution in [-0.2, 0) is 4.79 Å². The van der Waals surface area contributed by atoms with E-state index in [1.165, 1.54) is 0 Å². The first-order valence-corrected chi connectivity index (χ1v) is 6.97. The Morgan fingerprint density at radius 1 is 1.06 bits per heavy atom. The number of hydrogen-bond acceptors (Lipinski definition) is 3. The predicted octanol–water partition coefficient (Wildman–Crippen LogP) is 0.596. The van der Waals surface area contributed by atoms with Gasteiger partial charge in [-0.05, 0) is 32.1 Å². The van der Waals surface area contributed by atoms with Crippen molar-refractivity contribution in [3.63, 3.8) is 0 Å². The van der Waals surface area contributed by atoms with Gasteiger partial charge in [-0.15, -0.1) is 0 Å². The van der Waals surface area contributed by atoms with Gasteiger partial charge in [0.1, 0.15) is 0 Å². The molecule has 4 nitrogen and oxygen atoms in total. The Kier molecular flexibility index (Phi) is 3.09. The Balaban J connectivity index is 1.52. The molecule has 1 N–H and O–H groups in total. The summed E-state index contributed by atoms with van der Waals surface area (Å²) >= 11 is 0. The Morgan fingerprint density at radius 3 is 2.29 bits per heavy atom. The monoisotopic (exact) mass is 238 g/mol. The first-order valence-electron chi connectivity index (χ1n) is 6.97. The summed E-state index contributed by atoms with van der Waals surface area (Å²) in [6, 6.07) is 0.878. The highest BCUT2D eigenvalue weighted by Crippen LogP contribution is 2.30. The number of aliphatic hydroxyl groups excluding tert-OH is 1. The molecule has 2 saturated heterocycles. The number of hydrogen-bond donors (Lipinski definition) is 1. The number of carbonyl (C=O) groups is 1. The van der Waals surface area contributed by atoms with E-state index in [2.05, 4.69) is 9.80 Å². The van der Waals surface area contributed by atoms with E-state index in [0.717, 1.165) is 58.2 Å². The maximum atomic E-state index is 11.7. The van der Waals surface area contributed by atoms with Crippen molar-refractivity contribution >= 4 is 5.91 Å². The standard InChI is InChI=1S/C13H22N2O2/c16-12-4-3-11(12)14-8-5-10(6-9-14)15-7-1-2-13(15)17/h10-12,16H,1-9H2. The lowest BCUT2D eigenvalue weighted by Crippen LogP contribution is -2.55. The number of aliphatic hydroxyl groups is 1. The van der Waals surface area contributed by atoms with Gasteiger partial charge in [0.2, 0.25) is 5.91 Å². The van der Waals surface area contributed by atoms with E-state index in [0.29, 0.717) is 18.0 Å². The van der Waals surface area contributed by atoms with Crippen molar-refractivity contribution in [3.05, 3.63) is 0 Å². The largest absolute Gasteiger partial charge is 0.391 e. The van der Waals surface area contributed by atoms with Gasteiger partial charge < -0.3 is 10.0 Å². The molecule has 0 bridgehead atoms. The molecular weight excluding hydrogens is 216 g/mol. The topological polar surface area (TPSA) is 43.8 Å². The van der Waals surface area contributed by atoms with Crippen LogP contribution >= 0.6 is 0 Å². The molecule has 0 aromatic rings. The van der Waals surface area contributed by atoms with Gasteiger partial charge in [0.15, 0.2) is 0 Å². The fourth-order valence-electron chi connectivity index (χ4n) is 3.48. The molecule has 4 heteroatoms. The highest BCUT2D eigenvalue weighted by Gasteiger charge is 2.37. The molecule has 3 rings (SSSR count). The molecule has 17 heavy (non-hydrogen) atoms. The second kappa shape index (κ2) is 4.58. The minimum Gasteiger partial charge on any atom is -0.391 e. The molecule has 96 valence electrons. The summed E-state index contributed by atoms with van der Waals surface area (Å²) in [5.74, 6) is 0.354. The zero-order chi connectivity index (χ0) is 11.8. The van der Waals surface area contributed by atoms with Gasteiger partial charge in [-0.2, -0.15) is 0 Å². The summed E-state index contributed by atoms with van der Waals surface area (Å²) < 4.78 is 0. The molecule has 3 aliphatic rings. The summed E-state index contributed by atoms with van der Waals surface area (Å²) in [6.07, 6.45) is 6.00. The van der Waals surface area contributed by atoms with E-state index in [9.17, 15) is 9.90 Å². The predicted molar refractivity (Wildman–Crippen MR) is 64.6 cm³/mol. The minimum absolute atomic E-state index is 0.0973.